The molecule has 4 heterocycles. The van der Waals surface area contributed by atoms with Gasteiger partial charge in [0.2, 0.25) is 21.7 Å². The van der Waals surface area contributed by atoms with E-state index >= 15 is 0 Å². The van der Waals surface area contributed by atoms with Crippen LogP contribution in [0.15, 0.2) is 64.3 Å². The minimum absolute atomic E-state index is 0.0450. The van der Waals surface area contributed by atoms with Crippen LogP contribution in [0.25, 0.3) is 22.4 Å². The number of aryl methyl sites for hydroxylation is 1. The number of sulfonamides is 1. The van der Waals surface area contributed by atoms with Gasteiger partial charge in [-0.15, -0.1) is 0 Å². The average Bonchev–Trinajstić information content (AvgIpc) is 3.42. The first-order valence-electron chi connectivity index (χ1n) is 9.83. The lowest BCUT2D eigenvalue weighted by atomic mass is 9.98. The maximum atomic E-state index is 13.3. The van der Waals surface area contributed by atoms with Crippen LogP contribution in [0.2, 0.25) is 0 Å². The van der Waals surface area contributed by atoms with E-state index in [9.17, 15) is 8.42 Å². The summed E-state index contributed by atoms with van der Waals surface area (Å²) in [6.45, 7) is 0.802. The average molecular weight is 423 g/mol. The second kappa shape index (κ2) is 7.33. The third-order valence-corrected chi connectivity index (χ3v) is 7.56. The van der Waals surface area contributed by atoms with Crippen LogP contribution in [-0.4, -0.2) is 45.5 Å². The van der Waals surface area contributed by atoms with Crippen molar-refractivity contribution in [1.82, 2.24) is 24.0 Å². The summed E-state index contributed by atoms with van der Waals surface area (Å²) in [6, 6.07) is 12.8. The van der Waals surface area contributed by atoms with E-state index < -0.39 is 10.0 Å². The van der Waals surface area contributed by atoms with Crippen molar-refractivity contribution in [2.24, 2.45) is 7.05 Å². The van der Waals surface area contributed by atoms with Crippen molar-refractivity contribution in [3.63, 3.8) is 0 Å². The van der Waals surface area contributed by atoms with E-state index in [1.165, 1.54) is 4.31 Å². The number of pyridine rings is 1. The zero-order chi connectivity index (χ0) is 20.7. The Balaban J connectivity index is 1.35. The number of para-hydroxylation sites is 1. The summed E-state index contributed by atoms with van der Waals surface area (Å²) < 4.78 is 35.5. The van der Waals surface area contributed by atoms with Gasteiger partial charge in [0.15, 0.2) is 0 Å². The summed E-state index contributed by atoms with van der Waals surface area (Å²) >= 11 is 0. The van der Waals surface area contributed by atoms with Crippen LogP contribution < -0.4 is 0 Å². The molecular weight excluding hydrogens is 402 g/mol. The van der Waals surface area contributed by atoms with Crippen LogP contribution in [0.3, 0.4) is 0 Å². The molecule has 1 fully saturated rings. The molecule has 1 aliphatic rings. The van der Waals surface area contributed by atoms with Crippen molar-refractivity contribution < 1.29 is 12.9 Å². The van der Waals surface area contributed by atoms with Gasteiger partial charge in [0.25, 0.3) is 0 Å². The smallest absolute Gasteiger partial charge is 0.245 e. The van der Waals surface area contributed by atoms with Crippen molar-refractivity contribution in [2.45, 2.75) is 23.7 Å². The molecule has 0 spiro atoms. The normalized spacial score (nSPS) is 16.3. The fourth-order valence-corrected chi connectivity index (χ4v) is 5.60. The van der Waals surface area contributed by atoms with Crippen LogP contribution in [0.5, 0.6) is 0 Å². The fraction of sp³-hybridized carbons (Fsp3) is 0.286. The van der Waals surface area contributed by atoms with Crippen molar-refractivity contribution in [1.29, 1.82) is 0 Å². The molecule has 0 bridgehead atoms. The number of benzene rings is 1. The number of hydrogen-bond acceptors (Lipinski definition) is 6. The van der Waals surface area contributed by atoms with E-state index in [2.05, 4.69) is 15.1 Å². The Labute approximate surface area is 174 Å². The summed E-state index contributed by atoms with van der Waals surface area (Å²) in [5, 5.41) is 4.91. The van der Waals surface area contributed by atoms with Gasteiger partial charge in [-0.25, -0.2) is 8.42 Å². The molecule has 9 heteroatoms. The standard InChI is InChI=1S/C21H21N5O3S/c1-25-12-4-7-17(25)20-23-21(29-24-20)16-9-13-26(14-10-16)30(27,28)18-8-2-5-15-6-3-11-22-19(15)18/h2-8,11-12,16H,9-10,13-14H2,1H3. The number of hydrogen-bond donors (Lipinski definition) is 0. The zero-order valence-corrected chi connectivity index (χ0v) is 17.3. The monoisotopic (exact) mass is 423 g/mol. The van der Waals surface area contributed by atoms with E-state index in [-0.39, 0.29) is 10.8 Å². The van der Waals surface area contributed by atoms with Gasteiger partial charge in [-0.3, -0.25) is 4.98 Å². The second-order valence-corrected chi connectivity index (χ2v) is 9.38. The predicted molar refractivity (Wildman–Crippen MR) is 111 cm³/mol. The summed E-state index contributed by atoms with van der Waals surface area (Å²) in [5.74, 6) is 1.16. The molecule has 0 N–H and O–H groups in total. The maximum absolute atomic E-state index is 13.3. The predicted octanol–water partition coefficient (Wildman–Crippen LogP) is 3.19. The second-order valence-electron chi connectivity index (χ2n) is 7.47. The quantitative estimate of drug-likeness (QED) is 0.500. The van der Waals surface area contributed by atoms with Crippen molar-refractivity contribution in [3.05, 3.63) is 60.7 Å². The Hall–Kier alpha value is -3.04. The molecule has 0 aliphatic carbocycles. The Morgan fingerprint density at radius 1 is 1.07 bits per heavy atom. The minimum Gasteiger partial charge on any atom is -0.348 e. The number of fused-ring (bicyclic) bond motifs is 1. The molecule has 0 atom stereocenters. The van der Waals surface area contributed by atoms with Crippen LogP contribution in [0.4, 0.5) is 0 Å². The SMILES string of the molecule is Cn1cccc1-c1noc(C2CCN(S(=O)(=O)c3cccc4cccnc34)CC2)n1. The van der Waals surface area contributed by atoms with Crippen LogP contribution >= 0.6 is 0 Å². The highest BCUT2D eigenvalue weighted by atomic mass is 32.2. The van der Waals surface area contributed by atoms with Gasteiger partial charge in [-0.1, -0.05) is 23.4 Å². The van der Waals surface area contributed by atoms with E-state index in [0.717, 1.165) is 11.1 Å². The number of nitrogens with zero attached hydrogens (tertiary/aromatic N) is 5. The Morgan fingerprint density at radius 3 is 2.63 bits per heavy atom. The highest BCUT2D eigenvalue weighted by molar-refractivity contribution is 7.89. The first kappa shape index (κ1) is 19.0. The van der Waals surface area contributed by atoms with Gasteiger partial charge in [0.05, 0.1) is 11.2 Å². The largest absolute Gasteiger partial charge is 0.348 e. The lowest BCUT2D eigenvalue weighted by Crippen LogP contribution is -2.38. The topological polar surface area (TPSA) is 94.1 Å². The maximum Gasteiger partial charge on any atom is 0.245 e. The summed E-state index contributed by atoms with van der Waals surface area (Å²) in [6.07, 6.45) is 4.81. The van der Waals surface area contributed by atoms with Crippen molar-refractivity contribution in [2.75, 3.05) is 13.1 Å². The molecule has 30 heavy (non-hydrogen) atoms. The number of aromatic nitrogens is 4. The summed E-state index contributed by atoms with van der Waals surface area (Å²) in [7, 11) is -1.70. The van der Waals surface area contributed by atoms with E-state index in [1.807, 2.05) is 42.1 Å². The Bertz CT molecular complexity index is 1300. The van der Waals surface area contributed by atoms with Crippen LogP contribution in [-0.2, 0) is 17.1 Å². The lowest BCUT2D eigenvalue weighted by Gasteiger charge is -2.29. The molecule has 8 nitrogen and oxygen atoms in total. The molecule has 4 aromatic rings. The van der Waals surface area contributed by atoms with Crippen molar-refractivity contribution in [3.8, 4) is 11.5 Å². The Kier molecular flexibility index (Phi) is 4.63. The molecule has 1 aromatic carbocycles. The van der Waals surface area contributed by atoms with Crippen LogP contribution in [0.1, 0.15) is 24.7 Å². The van der Waals surface area contributed by atoms with E-state index in [0.29, 0.717) is 43.2 Å². The first-order chi connectivity index (χ1) is 14.5. The molecule has 3 aromatic heterocycles. The molecule has 5 rings (SSSR count). The minimum atomic E-state index is -3.63. The van der Waals surface area contributed by atoms with Gasteiger partial charge < -0.3 is 9.09 Å². The molecule has 0 radical (unpaired) electrons. The highest BCUT2D eigenvalue weighted by Crippen LogP contribution is 2.32. The molecule has 1 aliphatic heterocycles. The molecule has 0 unspecified atom stereocenters. The van der Waals surface area contributed by atoms with Crippen molar-refractivity contribution >= 4 is 20.9 Å². The molecular formula is C21H21N5O3S. The zero-order valence-electron chi connectivity index (χ0n) is 16.5. The van der Waals surface area contributed by atoms with E-state index in [1.54, 1.807) is 24.4 Å². The highest BCUT2D eigenvalue weighted by Gasteiger charge is 2.33. The van der Waals surface area contributed by atoms with Gasteiger partial charge in [-0.2, -0.15) is 9.29 Å². The number of rotatable bonds is 4. The van der Waals surface area contributed by atoms with Crippen LogP contribution in [0, 0.1) is 0 Å². The lowest BCUT2D eigenvalue weighted by molar-refractivity contribution is 0.271. The van der Waals surface area contributed by atoms with Gasteiger partial charge in [-0.05, 0) is 37.1 Å². The van der Waals surface area contributed by atoms with Gasteiger partial charge >= 0.3 is 0 Å². The molecule has 1 saturated heterocycles. The van der Waals surface area contributed by atoms with Gasteiger partial charge in [0, 0.05) is 43.8 Å². The number of piperidine rings is 1. The first-order valence-corrected chi connectivity index (χ1v) is 11.3. The fourth-order valence-electron chi connectivity index (χ4n) is 3.97. The summed E-state index contributed by atoms with van der Waals surface area (Å²) in [4.78, 5) is 9.10. The molecule has 0 saturated carbocycles. The summed E-state index contributed by atoms with van der Waals surface area (Å²) in [5.41, 5.74) is 1.39. The van der Waals surface area contributed by atoms with Gasteiger partial charge in [0.1, 0.15) is 4.90 Å². The molecule has 154 valence electrons. The Morgan fingerprint density at radius 2 is 1.87 bits per heavy atom. The third kappa shape index (κ3) is 3.20. The van der Waals surface area contributed by atoms with E-state index in [4.69, 9.17) is 4.52 Å². The molecule has 0 amide bonds. The third-order valence-electron chi connectivity index (χ3n) is 5.63.